The summed E-state index contributed by atoms with van der Waals surface area (Å²) in [7, 11) is 2.20. The molecule has 1 aliphatic rings. The summed E-state index contributed by atoms with van der Waals surface area (Å²) in [6, 6.07) is 2.64. The monoisotopic (exact) mass is 247 g/mol. The highest BCUT2D eigenvalue weighted by Crippen LogP contribution is 2.29. The van der Waals surface area contributed by atoms with Gasteiger partial charge in [0.25, 0.3) is 0 Å². The average molecular weight is 247 g/mol. The van der Waals surface area contributed by atoms with Crippen molar-refractivity contribution in [1.82, 2.24) is 10.3 Å². The first-order valence-electron chi connectivity index (χ1n) is 7.04. The summed E-state index contributed by atoms with van der Waals surface area (Å²) >= 11 is 0. The Labute approximate surface area is 111 Å². The highest BCUT2D eigenvalue weighted by atomic mass is 15.1. The fourth-order valence-corrected chi connectivity index (χ4v) is 2.40. The van der Waals surface area contributed by atoms with Gasteiger partial charge in [0.15, 0.2) is 0 Å². The Morgan fingerprint density at radius 1 is 1.44 bits per heavy atom. The molecule has 1 saturated carbocycles. The van der Waals surface area contributed by atoms with Gasteiger partial charge >= 0.3 is 0 Å². The molecule has 0 aliphatic heterocycles. The van der Waals surface area contributed by atoms with Gasteiger partial charge < -0.3 is 10.2 Å². The van der Waals surface area contributed by atoms with Crippen LogP contribution in [0.15, 0.2) is 18.5 Å². The normalized spacial score (nSPS) is 15.8. The zero-order chi connectivity index (χ0) is 13.0. The summed E-state index contributed by atoms with van der Waals surface area (Å²) < 4.78 is 0. The molecule has 0 radical (unpaired) electrons. The molecule has 18 heavy (non-hydrogen) atoms. The van der Waals surface area contributed by atoms with Crippen LogP contribution in [-0.2, 0) is 6.54 Å². The number of nitrogens with one attached hydrogen (secondary N) is 1. The molecule has 0 atom stereocenters. The lowest BCUT2D eigenvalue weighted by Crippen LogP contribution is -2.31. The van der Waals surface area contributed by atoms with Gasteiger partial charge in [-0.3, -0.25) is 4.98 Å². The third-order valence-corrected chi connectivity index (χ3v) is 3.75. The van der Waals surface area contributed by atoms with Crippen LogP contribution in [0, 0.1) is 5.92 Å². The van der Waals surface area contributed by atoms with Gasteiger partial charge in [0.2, 0.25) is 0 Å². The van der Waals surface area contributed by atoms with Crippen molar-refractivity contribution in [3.05, 3.63) is 24.0 Å². The maximum Gasteiger partial charge on any atom is 0.0440 e. The van der Waals surface area contributed by atoms with Crippen LogP contribution in [0.1, 0.15) is 38.7 Å². The molecule has 0 spiro atoms. The van der Waals surface area contributed by atoms with Crippen LogP contribution in [0.25, 0.3) is 0 Å². The lowest BCUT2D eigenvalue weighted by atomic mass is 9.85. The van der Waals surface area contributed by atoms with Gasteiger partial charge in [-0.2, -0.15) is 0 Å². The summed E-state index contributed by atoms with van der Waals surface area (Å²) in [4.78, 5) is 6.64. The number of pyridine rings is 1. The largest absolute Gasteiger partial charge is 0.374 e. The van der Waals surface area contributed by atoms with E-state index < -0.39 is 0 Å². The van der Waals surface area contributed by atoms with E-state index in [1.165, 1.54) is 37.1 Å². The first-order chi connectivity index (χ1) is 8.66. The van der Waals surface area contributed by atoms with Crippen LogP contribution in [0.4, 0.5) is 5.69 Å². The number of hydrogen-bond donors (Lipinski definition) is 1. The molecule has 0 saturated heterocycles. The van der Waals surface area contributed by atoms with Crippen LogP contribution in [0.2, 0.25) is 0 Å². The Morgan fingerprint density at radius 3 is 2.83 bits per heavy atom. The van der Waals surface area contributed by atoms with E-state index in [9.17, 15) is 0 Å². The molecule has 0 aromatic carbocycles. The molecule has 1 N–H and O–H groups in total. The molecule has 0 unspecified atom stereocenters. The minimum Gasteiger partial charge on any atom is -0.374 e. The van der Waals surface area contributed by atoms with Crippen LogP contribution < -0.4 is 10.2 Å². The molecule has 1 aliphatic carbocycles. The number of rotatable bonds is 6. The molecular weight excluding hydrogens is 222 g/mol. The smallest absolute Gasteiger partial charge is 0.0440 e. The Hall–Kier alpha value is -1.09. The van der Waals surface area contributed by atoms with Crippen molar-refractivity contribution in [3.63, 3.8) is 0 Å². The Bertz CT molecular complexity index is 372. The average Bonchev–Trinajstić information content (AvgIpc) is 2.31. The fraction of sp³-hybridized carbons (Fsp3) is 0.667. The number of aromatic nitrogens is 1. The van der Waals surface area contributed by atoms with Crippen molar-refractivity contribution in [2.24, 2.45) is 5.92 Å². The second-order valence-corrected chi connectivity index (χ2v) is 5.72. The molecule has 3 heteroatoms. The lowest BCUT2D eigenvalue weighted by Gasteiger charge is -2.32. The zero-order valence-electron chi connectivity index (χ0n) is 11.8. The number of nitrogens with zero attached hydrogens (tertiary/aromatic N) is 2. The van der Waals surface area contributed by atoms with Gasteiger partial charge in [0.1, 0.15) is 0 Å². The van der Waals surface area contributed by atoms with Crippen LogP contribution in [0.3, 0.4) is 0 Å². The topological polar surface area (TPSA) is 28.2 Å². The molecule has 1 fully saturated rings. The Balaban J connectivity index is 2.00. The predicted octanol–water partition coefficient (Wildman–Crippen LogP) is 2.82. The lowest BCUT2D eigenvalue weighted by molar-refractivity contribution is 0.321. The molecule has 1 aromatic rings. The van der Waals surface area contributed by atoms with E-state index >= 15 is 0 Å². The summed E-state index contributed by atoms with van der Waals surface area (Å²) in [5.41, 5.74) is 2.62. The van der Waals surface area contributed by atoms with E-state index in [2.05, 4.69) is 42.2 Å². The molecule has 1 aromatic heterocycles. The van der Waals surface area contributed by atoms with Gasteiger partial charge in [-0.05, 0) is 24.8 Å². The van der Waals surface area contributed by atoms with Crippen molar-refractivity contribution < 1.29 is 0 Å². The van der Waals surface area contributed by atoms with E-state index in [1.54, 1.807) is 0 Å². The quantitative estimate of drug-likeness (QED) is 0.838. The molecule has 100 valence electrons. The van der Waals surface area contributed by atoms with Gasteiger partial charge in [0, 0.05) is 49.8 Å². The zero-order valence-corrected chi connectivity index (χ0v) is 11.8. The minimum absolute atomic E-state index is 0.509. The highest BCUT2D eigenvalue weighted by molar-refractivity contribution is 5.51. The Morgan fingerprint density at radius 2 is 2.22 bits per heavy atom. The van der Waals surface area contributed by atoms with E-state index in [1.807, 2.05) is 12.4 Å². The fourth-order valence-electron chi connectivity index (χ4n) is 2.40. The maximum atomic E-state index is 4.25. The van der Waals surface area contributed by atoms with E-state index in [0.29, 0.717) is 6.04 Å². The third-order valence-electron chi connectivity index (χ3n) is 3.75. The van der Waals surface area contributed by atoms with Crippen molar-refractivity contribution in [2.45, 2.75) is 45.7 Å². The minimum atomic E-state index is 0.509. The summed E-state index contributed by atoms with van der Waals surface area (Å²) in [6.07, 6.45) is 8.09. The summed E-state index contributed by atoms with van der Waals surface area (Å²) in [5, 5.41) is 3.47. The van der Waals surface area contributed by atoms with Crippen LogP contribution >= 0.6 is 0 Å². The van der Waals surface area contributed by atoms with Gasteiger partial charge in [0.05, 0.1) is 0 Å². The Kier molecular flexibility index (Phi) is 4.59. The van der Waals surface area contributed by atoms with Gasteiger partial charge in [-0.1, -0.05) is 20.3 Å². The second kappa shape index (κ2) is 6.19. The van der Waals surface area contributed by atoms with Crippen LogP contribution in [0.5, 0.6) is 0 Å². The SMILES string of the molecule is CC(C)NCc1cnccc1N(C)CC1CCC1. The summed E-state index contributed by atoms with van der Waals surface area (Å²) in [6.45, 7) is 6.43. The van der Waals surface area contributed by atoms with Gasteiger partial charge in [-0.25, -0.2) is 0 Å². The predicted molar refractivity (Wildman–Crippen MR) is 76.8 cm³/mol. The van der Waals surface area contributed by atoms with Crippen molar-refractivity contribution in [3.8, 4) is 0 Å². The second-order valence-electron chi connectivity index (χ2n) is 5.72. The standard InChI is InChI=1S/C15H25N3/c1-12(2)17-10-14-9-16-8-7-15(14)18(3)11-13-5-4-6-13/h7-9,12-13,17H,4-6,10-11H2,1-3H3. The molecule has 3 nitrogen and oxygen atoms in total. The van der Waals surface area contributed by atoms with Gasteiger partial charge in [-0.15, -0.1) is 0 Å². The molecular formula is C15H25N3. The third kappa shape index (κ3) is 3.45. The van der Waals surface area contributed by atoms with Crippen LogP contribution in [-0.4, -0.2) is 24.6 Å². The van der Waals surface area contributed by atoms with E-state index in [0.717, 1.165) is 12.5 Å². The van der Waals surface area contributed by atoms with E-state index in [-0.39, 0.29) is 0 Å². The maximum absolute atomic E-state index is 4.25. The number of anilines is 1. The molecule has 0 amide bonds. The first-order valence-corrected chi connectivity index (χ1v) is 7.04. The number of hydrogen-bond acceptors (Lipinski definition) is 3. The van der Waals surface area contributed by atoms with Crippen molar-refractivity contribution in [1.29, 1.82) is 0 Å². The van der Waals surface area contributed by atoms with Crippen molar-refractivity contribution in [2.75, 3.05) is 18.5 Å². The molecule has 1 heterocycles. The molecule has 0 bridgehead atoms. The molecule has 2 rings (SSSR count). The summed E-state index contributed by atoms with van der Waals surface area (Å²) in [5.74, 6) is 0.897. The van der Waals surface area contributed by atoms with E-state index in [4.69, 9.17) is 0 Å². The first kappa shape index (κ1) is 13.3. The highest BCUT2D eigenvalue weighted by Gasteiger charge is 2.20. The van der Waals surface area contributed by atoms with Crippen molar-refractivity contribution >= 4 is 5.69 Å².